The normalized spacial score (nSPS) is 15.6. The summed E-state index contributed by atoms with van der Waals surface area (Å²) in [5.41, 5.74) is 1.14. The van der Waals surface area contributed by atoms with Crippen LogP contribution in [0.4, 0.5) is 20.6 Å². The molecule has 1 aliphatic carbocycles. The monoisotopic (exact) mass is 598 g/mol. The number of carbonyl (C=O) groups excluding carboxylic acids is 2. The number of nitrogens with zero attached hydrogens (tertiary/aromatic N) is 5. The Morgan fingerprint density at radius 3 is 2.39 bits per heavy atom. The van der Waals surface area contributed by atoms with Gasteiger partial charge in [-0.25, -0.2) is 18.8 Å². The van der Waals surface area contributed by atoms with Crippen LogP contribution < -0.4 is 25.5 Å². The average Bonchev–Trinajstić information content (AvgIpc) is 3.89. The number of rotatable bonds is 8. The van der Waals surface area contributed by atoms with Crippen LogP contribution in [-0.4, -0.2) is 59.3 Å². The highest BCUT2D eigenvalue weighted by molar-refractivity contribution is 6.03. The van der Waals surface area contributed by atoms with Gasteiger partial charge in [-0.05, 0) is 75.2 Å². The summed E-state index contributed by atoms with van der Waals surface area (Å²) < 4.78 is 21.1. The van der Waals surface area contributed by atoms with E-state index in [2.05, 4.69) is 5.32 Å². The second kappa shape index (κ2) is 12.4. The van der Waals surface area contributed by atoms with Gasteiger partial charge in [0.25, 0.3) is 5.56 Å². The minimum absolute atomic E-state index is 0.126. The van der Waals surface area contributed by atoms with Crippen molar-refractivity contribution < 1.29 is 18.7 Å². The molecule has 10 nitrogen and oxygen atoms in total. The highest BCUT2D eigenvalue weighted by atomic mass is 19.1. The fraction of sp³-hybridized carbons (Fsp3) is 0.333. The van der Waals surface area contributed by atoms with Gasteiger partial charge in [0.15, 0.2) is 5.82 Å². The summed E-state index contributed by atoms with van der Waals surface area (Å²) in [4.78, 5) is 49.3. The molecule has 1 atom stereocenters. The van der Waals surface area contributed by atoms with Gasteiger partial charge in [-0.2, -0.15) is 0 Å². The molecule has 4 aromatic rings. The first-order valence-corrected chi connectivity index (χ1v) is 15.0. The molecule has 0 radical (unpaired) electrons. The molecule has 2 fully saturated rings. The Hall–Kier alpha value is -4.93. The molecule has 1 unspecified atom stereocenters. The van der Waals surface area contributed by atoms with Crippen molar-refractivity contribution in [1.29, 1.82) is 0 Å². The smallest absolute Gasteiger partial charge is 0.327 e. The van der Waals surface area contributed by atoms with Crippen molar-refractivity contribution in [3.05, 3.63) is 94.8 Å². The molecular weight excluding hydrogens is 563 g/mol. The van der Waals surface area contributed by atoms with Crippen LogP contribution in [0, 0.1) is 11.7 Å². The van der Waals surface area contributed by atoms with E-state index < -0.39 is 17.9 Å². The van der Waals surface area contributed by atoms with Crippen LogP contribution in [0.2, 0.25) is 0 Å². The highest BCUT2D eigenvalue weighted by Crippen LogP contribution is 2.35. The van der Waals surface area contributed by atoms with Crippen LogP contribution in [0.1, 0.15) is 38.6 Å². The van der Waals surface area contributed by atoms with Crippen molar-refractivity contribution in [3.8, 4) is 5.75 Å². The SMILES string of the molecule is CCOc1ccccc1N(C(=O)Nc1ccc(F)cc1)C(C)c1nc2ccccc2c(=O)n1N1CCN(C(=O)C2CC2)CC1. The highest BCUT2D eigenvalue weighted by Gasteiger charge is 2.36. The molecule has 6 rings (SSSR count). The Bertz CT molecular complexity index is 1730. The van der Waals surface area contributed by atoms with E-state index in [1.807, 2.05) is 35.9 Å². The van der Waals surface area contributed by atoms with Crippen molar-refractivity contribution in [2.24, 2.45) is 5.92 Å². The third kappa shape index (κ3) is 5.82. The number of para-hydroxylation sites is 3. The quantitative estimate of drug-likeness (QED) is 0.309. The first kappa shape index (κ1) is 29.2. The van der Waals surface area contributed by atoms with Crippen molar-refractivity contribution in [1.82, 2.24) is 14.6 Å². The van der Waals surface area contributed by atoms with Gasteiger partial charge < -0.3 is 20.0 Å². The molecule has 1 saturated carbocycles. The van der Waals surface area contributed by atoms with Gasteiger partial charge in [-0.1, -0.05) is 24.3 Å². The lowest BCUT2D eigenvalue weighted by Gasteiger charge is -2.39. The van der Waals surface area contributed by atoms with E-state index >= 15 is 0 Å². The molecule has 11 heteroatoms. The Kier molecular flexibility index (Phi) is 8.19. The summed E-state index contributed by atoms with van der Waals surface area (Å²) in [5.74, 6) is 0.728. The van der Waals surface area contributed by atoms with Crippen molar-refractivity contribution >= 4 is 34.2 Å². The molecular formula is C33H35FN6O4. The zero-order chi connectivity index (χ0) is 30.8. The number of nitrogens with one attached hydrogen (secondary N) is 1. The van der Waals surface area contributed by atoms with Gasteiger partial charge in [0.05, 0.1) is 42.3 Å². The molecule has 1 N–H and O–H groups in total. The molecule has 228 valence electrons. The summed E-state index contributed by atoms with van der Waals surface area (Å²) in [5, 5.41) is 5.23. The van der Waals surface area contributed by atoms with Crippen LogP contribution in [0.5, 0.6) is 5.75 Å². The Morgan fingerprint density at radius 1 is 1.00 bits per heavy atom. The molecule has 0 spiro atoms. The number of benzene rings is 3. The van der Waals surface area contributed by atoms with Crippen molar-refractivity contribution in [3.63, 3.8) is 0 Å². The van der Waals surface area contributed by atoms with Crippen LogP contribution in [0.3, 0.4) is 0 Å². The fourth-order valence-corrected chi connectivity index (χ4v) is 5.65. The van der Waals surface area contributed by atoms with Gasteiger partial charge in [0.1, 0.15) is 11.6 Å². The molecule has 3 amide bonds. The molecule has 1 aliphatic heterocycles. The van der Waals surface area contributed by atoms with Gasteiger partial charge in [0, 0.05) is 24.7 Å². The number of amides is 3. The van der Waals surface area contributed by atoms with Crippen molar-refractivity contribution in [2.75, 3.05) is 48.0 Å². The van der Waals surface area contributed by atoms with Gasteiger partial charge in [-0.3, -0.25) is 14.5 Å². The molecule has 0 bridgehead atoms. The number of carbonyl (C=O) groups is 2. The number of urea groups is 1. The number of anilines is 2. The summed E-state index contributed by atoms with van der Waals surface area (Å²) in [6, 6.07) is 18.6. The number of halogens is 1. The maximum Gasteiger partial charge on any atom is 0.327 e. The number of fused-ring (bicyclic) bond motifs is 1. The molecule has 44 heavy (non-hydrogen) atoms. The number of piperazine rings is 1. The molecule has 1 saturated heterocycles. The van der Waals surface area contributed by atoms with E-state index in [0.717, 1.165) is 12.8 Å². The van der Waals surface area contributed by atoms with Gasteiger partial charge in [-0.15, -0.1) is 0 Å². The third-order valence-corrected chi connectivity index (χ3v) is 8.06. The molecule has 1 aromatic heterocycles. The summed E-state index contributed by atoms with van der Waals surface area (Å²) >= 11 is 0. The summed E-state index contributed by atoms with van der Waals surface area (Å²) in [6.45, 7) is 5.91. The van der Waals surface area contributed by atoms with E-state index in [9.17, 15) is 18.8 Å². The molecule has 2 aliphatic rings. The second-order valence-electron chi connectivity index (χ2n) is 11.0. The van der Waals surface area contributed by atoms with Crippen LogP contribution in [0.15, 0.2) is 77.6 Å². The summed E-state index contributed by atoms with van der Waals surface area (Å²) in [7, 11) is 0. The topological polar surface area (TPSA) is 100 Å². The maximum absolute atomic E-state index is 14.1. The Morgan fingerprint density at radius 2 is 1.68 bits per heavy atom. The van der Waals surface area contributed by atoms with Crippen LogP contribution in [0.25, 0.3) is 10.9 Å². The predicted molar refractivity (Wildman–Crippen MR) is 167 cm³/mol. The minimum atomic E-state index is -0.763. The van der Waals surface area contributed by atoms with Gasteiger partial charge in [0.2, 0.25) is 5.91 Å². The summed E-state index contributed by atoms with van der Waals surface area (Å²) in [6.07, 6.45) is 1.88. The number of hydrogen-bond donors (Lipinski definition) is 1. The lowest BCUT2D eigenvalue weighted by atomic mass is 10.1. The Balaban J connectivity index is 1.43. The number of hydrogen-bond acceptors (Lipinski definition) is 6. The lowest BCUT2D eigenvalue weighted by molar-refractivity contribution is -0.133. The molecule has 3 aromatic carbocycles. The number of aromatic nitrogens is 2. The largest absolute Gasteiger partial charge is 0.492 e. The zero-order valence-electron chi connectivity index (χ0n) is 24.8. The maximum atomic E-state index is 14.1. The fourth-order valence-electron chi connectivity index (χ4n) is 5.65. The predicted octanol–water partition coefficient (Wildman–Crippen LogP) is 4.92. The van der Waals surface area contributed by atoms with Crippen LogP contribution >= 0.6 is 0 Å². The van der Waals surface area contributed by atoms with E-state index in [1.54, 1.807) is 41.1 Å². The van der Waals surface area contributed by atoms with Crippen LogP contribution in [-0.2, 0) is 4.79 Å². The average molecular weight is 599 g/mol. The Labute approximate surface area is 254 Å². The molecule has 2 heterocycles. The second-order valence-corrected chi connectivity index (χ2v) is 11.0. The van der Waals surface area contributed by atoms with E-state index in [-0.39, 0.29) is 17.4 Å². The third-order valence-electron chi connectivity index (χ3n) is 8.06. The lowest BCUT2D eigenvalue weighted by Crippen LogP contribution is -2.57. The number of ether oxygens (including phenoxy) is 1. The first-order valence-electron chi connectivity index (χ1n) is 15.0. The van der Waals surface area contributed by atoms with Gasteiger partial charge >= 0.3 is 6.03 Å². The first-order chi connectivity index (χ1) is 21.4. The standard InChI is InChI=1S/C33H35FN6O4/c1-3-44-29-11-7-6-10-28(29)39(33(43)35-25-16-14-24(34)15-17-25)22(2)30-36-27-9-5-4-8-26(27)32(42)40(30)38-20-18-37(19-21-38)31(41)23-12-13-23/h4-11,14-17,22-23H,3,12-13,18-21H2,1-2H3,(H,35,43). The van der Waals surface area contributed by atoms with Crippen molar-refractivity contribution in [2.45, 2.75) is 32.7 Å². The van der Waals surface area contributed by atoms with E-state index in [4.69, 9.17) is 9.72 Å². The zero-order valence-corrected chi connectivity index (χ0v) is 24.8. The van der Waals surface area contributed by atoms with E-state index in [0.29, 0.717) is 66.6 Å². The minimum Gasteiger partial charge on any atom is -0.492 e. The van der Waals surface area contributed by atoms with E-state index in [1.165, 1.54) is 29.2 Å².